The largest absolute Gasteiger partial charge is 0.387 e. The van der Waals surface area contributed by atoms with E-state index in [1.54, 1.807) is 18.3 Å². The number of aromatic nitrogens is 1. The minimum absolute atomic E-state index is 0.00318. The van der Waals surface area contributed by atoms with E-state index >= 15 is 0 Å². The van der Waals surface area contributed by atoms with Gasteiger partial charge < -0.3 is 5.11 Å². The Labute approximate surface area is 149 Å². The quantitative estimate of drug-likeness (QED) is 0.829. The Balaban J connectivity index is 1.56. The van der Waals surface area contributed by atoms with E-state index in [4.69, 9.17) is 11.6 Å². The summed E-state index contributed by atoms with van der Waals surface area (Å²) < 4.78 is 13.3. The maximum atomic E-state index is 13.3. The molecule has 2 aliphatic rings. The van der Waals surface area contributed by atoms with E-state index in [9.17, 15) is 14.3 Å². The van der Waals surface area contributed by atoms with Crippen LogP contribution in [-0.4, -0.2) is 27.7 Å². The van der Waals surface area contributed by atoms with Crippen LogP contribution in [0.1, 0.15) is 34.3 Å². The average Bonchev–Trinajstić information content (AvgIpc) is 3.35. The number of carbonyl (C=O) groups excluding carboxylic acids is 1. The van der Waals surface area contributed by atoms with Crippen molar-refractivity contribution in [3.8, 4) is 0 Å². The fourth-order valence-corrected chi connectivity index (χ4v) is 3.36. The molecule has 1 aromatic heterocycles. The van der Waals surface area contributed by atoms with Crippen molar-refractivity contribution in [3.05, 3.63) is 58.0 Å². The summed E-state index contributed by atoms with van der Waals surface area (Å²) in [5.74, 6) is 0.194. The Morgan fingerprint density at radius 1 is 1.36 bits per heavy atom. The van der Waals surface area contributed by atoms with E-state index in [1.165, 1.54) is 12.1 Å². The zero-order valence-electron chi connectivity index (χ0n) is 13.4. The Morgan fingerprint density at radius 3 is 2.88 bits per heavy atom. The zero-order chi connectivity index (χ0) is 17.6. The Kier molecular flexibility index (Phi) is 4.13. The average molecular weight is 359 g/mol. The highest BCUT2D eigenvalue weighted by atomic mass is 35.5. The summed E-state index contributed by atoms with van der Waals surface area (Å²) in [6, 6.07) is 5.96. The molecule has 1 N–H and O–H groups in total. The molecule has 0 radical (unpaired) electrons. The number of hydrogen-bond donors (Lipinski definition) is 1. The van der Waals surface area contributed by atoms with Crippen LogP contribution in [0.15, 0.2) is 35.5 Å². The molecule has 1 atom stereocenters. The van der Waals surface area contributed by atoms with Gasteiger partial charge in [0.2, 0.25) is 0 Å². The second kappa shape index (κ2) is 6.32. The van der Waals surface area contributed by atoms with E-state index in [1.807, 2.05) is 0 Å². The number of ketones is 1. The first-order valence-electron chi connectivity index (χ1n) is 8.23. The first-order chi connectivity index (χ1) is 12.0. The normalized spacial score (nSPS) is 17.2. The van der Waals surface area contributed by atoms with Crippen molar-refractivity contribution in [2.45, 2.75) is 31.8 Å². The predicted octanol–water partition coefficient (Wildman–Crippen LogP) is 3.70. The first kappa shape index (κ1) is 16.4. The van der Waals surface area contributed by atoms with E-state index in [0.717, 1.165) is 18.4 Å². The number of hydrogen-bond acceptors (Lipinski definition) is 4. The molecule has 1 aliphatic heterocycles. The molecule has 4 nitrogen and oxygen atoms in total. The van der Waals surface area contributed by atoms with Gasteiger partial charge in [-0.15, -0.1) is 0 Å². The van der Waals surface area contributed by atoms with Gasteiger partial charge >= 0.3 is 0 Å². The summed E-state index contributed by atoms with van der Waals surface area (Å²) in [5, 5.41) is 10.3. The van der Waals surface area contributed by atoms with Crippen molar-refractivity contribution in [3.63, 3.8) is 0 Å². The fraction of sp³-hybridized carbons (Fsp3) is 0.316. The van der Waals surface area contributed by atoms with Crippen LogP contribution in [0.2, 0.25) is 5.02 Å². The molecule has 0 amide bonds. The second-order valence-electron chi connectivity index (χ2n) is 6.57. The van der Waals surface area contributed by atoms with Crippen molar-refractivity contribution in [1.82, 2.24) is 4.98 Å². The van der Waals surface area contributed by atoms with E-state index < -0.39 is 11.9 Å². The number of halogens is 2. The van der Waals surface area contributed by atoms with E-state index in [-0.39, 0.29) is 23.1 Å². The molecule has 25 heavy (non-hydrogen) atoms. The van der Waals surface area contributed by atoms with Crippen LogP contribution in [0.5, 0.6) is 0 Å². The van der Waals surface area contributed by atoms with Gasteiger partial charge in [-0.25, -0.2) is 14.4 Å². The van der Waals surface area contributed by atoms with Gasteiger partial charge in [0.15, 0.2) is 11.6 Å². The Hall–Kier alpha value is -2.11. The molecule has 2 heterocycles. The van der Waals surface area contributed by atoms with Gasteiger partial charge in [-0.3, -0.25) is 4.79 Å². The lowest BCUT2D eigenvalue weighted by Crippen LogP contribution is -2.23. The molecule has 1 aliphatic carbocycles. The van der Waals surface area contributed by atoms with Crippen molar-refractivity contribution < 1.29 is 14.3 Å². The van der Waals surface area contributed by atoms with Crippen molar-refractivity contribution in [1.29, 1.82) is 0 Å². The molecule has 1 aromatic carbocycles. The maximum Gasteiger partial charge on any atom is 0.167 e. The van der Waals surface area contributed by atoms with E-state index in [0.29, 0.717) is 29.1 Å². The van der Waals surface area contributed by atoms with Crippen molar-refractivity contribution in [2.75, 3.05) is 0 Å². The summed E-state index contributed by atoms with van der Waals surface area (Å²) in [7, 11) is 0. The van der Waals surface area contributed by atoms with Crippen LogP contribution in [-0.2, 0) is 12.8 Å². The third-order valence-electron chi connectivity index (χ3n) is 4.70. The fourth-order valence-electron chi connectivity index (χ4n) is 3.15. The van der Waals surface area contributed by atoms with Gasteiger partial charge in [-0.05, 0) is 42.5 Å². The molecular weight excluding hydrogens is 343 g/mol. The standard InChI is InChI=1S/C19H16ClFN2O2/c20-14-7-10(1-4-15(14)21)8-17(24)12-5-6-22-19-13(12)9-16(23-19)18(25)11-2-3-11/h1,4-7,11,18,25H,2-3,8-9H2. The van der Waals surface area contributed by atoms with Gasteiger partial charge in [-0.2, -0.15) is 0 Å². The SMILES string of the molecule is O=C(Cc1ccc(F)c(Cl)c1)c1ccnc2c1CC(C(O)C1CC1)=N2. The lowest BCUT2D eigenvalue weighted by Gasteiger charge is -2.09. The van der Waals surface area contributed by atoms with Crippen LogP contribution in [0.3, 0.4) is 0 Å². The summed E-state index contributed by atoms with van der Waals surface area (Å²) in [6.07, 6.45) is 3.61. The second-order valence-corrected chi connectivity index (χ2v) is 6.98. The molecule has 1 unspecified atom stereocenters. The summed E-state index contributed by atoms with van der Waals surface area (Å²) in [4.78, 5) is 21.4. The zero-order valence-corrected chi connectivity index (χ0v) is 14.1. The number of aliphatic imine (C=N–C) groups is 1. The Bertz CT molecular complexity index is 893. The number of Topliss-reactive ketones (excluding diaryl/α,β-unsaturated/α-hetero) is 1. The van der Waals surface area contributed by atoms with Gasteiger partial charge in [0, 0.05) is 30.2 Å². The number of aliphatic hydroxyl groups is 1. The smallest absolute Gasteiger partial charge is 0.167 e. The molecule has 0 saturated heterocycles. The lowest BCUT2D eigenvalue weighted by atomic mass is 9.96. The molecular formula is C19H16ClFN2O2. The molecule has 6 heteroatoms. The van der Waals surface area contributed by atoms with Crippen LogP contribution >= 0.6 is 11.6 Å². The molecule has 1 fully saturated rings. The number of rotatable bonds is 5. The number of fused-ring (bicyclic) bond motifs is 1. The van der Waals surface area contributed by atoms with Gasteiger partial charge in [0.05, 0.1) is 16.8 Å². The van der Waals surface area contributed by atoms with Gasteiger partial charge in [0.25, 0.3) is 0 Å². The Morgan fingerprint density at radius 2 is 2.16 bits per heavy atom. The number of pyridine rings is 1. The number of carbonyl (C=O) groups is 1. The van der Waals surface area contributed by atoms with Crippen LogP contribution in [0.4, 0.5) is 10.2 Å². The van der Waals surface area contributed by atoms with Crippen LogP contribution in [0.25, 0.3) is 0 Å². The third-order valence-corrected chi connectivity index (χ3v) is 4.99. The van der Waals surface area contributed by atoms with Gasteiger partial charge in [0.1, 0.15) is 5.82 Å². The molecule has 4 rings (SSSR count). The summed E-state index contributed by atoms with van der Waals surface area (Å²) >= 11 is 5.78. The molecule has 128 valence electrons. The third kappa shape index (κ3) is 3.22. The van der Waals surface area contributed by atoms with Crippen molar-refractivity contribution >= 4 is 28.9 Å². The highest BCUT2D eigenvalue weighted by Gasteiger charge is 2.36. The molecule has 0 spiro atoms. The first-order valence-corrected chi connectivity index (χ1v) is 8.61. The monoisotopic (exact) mass is 358 g/mol. The topological polar surface area (TPSA) is 62.5 Å². The minimum atomic E-state index is -0.548. The number of nitrogens with zero attached hydrogens (tertiary/aromatic N) is 2. The molecule has 1 saturated carbocycles. The minimum Gasteiger partial charge on any atom is -0.387 e. The van der Waals surface area contributed by atoms with Gasteiger partial charge in [-0.1, -0.05) is 17.7 Å². The molecule has 2 aromatic rings. The summed E-state index contributed by atoms with van der Waals surface area (Å²) in [5.41, 5.74) is 2.65. The van der Waals surface area contributed by atoms with Crippen molar-refractivity contribution in [2.24, 2.45) is 10.9 Å². The lowest BCUT2D eigenvalue weighted by molar-refractivity contribution is 0.0992. The predicted molar refractivity (Wildman–Crippen MR) is 93.2 cm³/mol. The number of benzene rings is 1. The van der Waals surface area contributed by atoms with Crippen LogP contribution in [0, 0.1) is 11.7 Å². The molecule has 0 bridgehead atoms. The highest BCUT2D eigenvalue weighted by molar-refractivity contribution is 6.30. The number of aliphatic hydroxyl groups excluding tert-OH is 1. The maximum absolute atomic E-state index is 13.3. The van der Waals surface area contributed by atoms with Crippen LogP contribution < -0.4 is 0 Å². The highest BCUT2D eigenvalue weighted by Crippen LogP contribution is 2.37. The summed E-state index contributed by atoms with van der Waals surface area (Å²) in [6.45, 7) is 0. The van der Waals surface area contributed by atoms with E-state index in [2.05, 4.69) is 9.98 Å².